The molecule has 2 amide bonds. The summed E-state index contributed by atoms with van der Waals surface area (Å²) in [5.41, 5.74) is 1.77. The zero-order chi connectivity index (χ0) is 23.9. The molecule has 1 saturated heterocycles. The summed E-state index contributed by atoms with van der Waals surface area (Å²) in [5.74, 6) is 0.00308. The van der Waals surface area contributed by atoms with E-state index >= 15 is 0 Å². The van der Waals surface area contributed by atoms with Crippen molar-refractivity contribution in [3.63, 3.8) is 0 Å². The van der Waals surface area contributed by atoms with Crippen LogP contribution in [0.4, 0.5) is 5.69 Å². The van der Waals surface area contributed by atoms with Crippen molar-refractivity contribution in [1.82, 2.24) is 9.62 Å². The average molecular weight is 488 g/mol. The fourth-order valence-corrected chi connectivity index (χ4v) is 7.47. The molecule has 0 spiro atoms. The maximum atomic E-state index is 13.5. The Hall–Kier alpha value is -1.93. The zero-order valence-corrected chi connectivity index (χ0v) is 21.0. The Morgan fingerprint density at radius 3 is 2.38 bits per heavy atom. The molecule has 0 bridgehead atoms. The van der Waals surface area contributed by atoms with Gasteiger partial charge in [0.2, 0.25) is 21.8 Å². The van der Waals surface area contributed by atoms with Gasteiger partial charge in [-0.15, -0.1) is 0 Å². The Morgan fingerprint density at radius 2 is 1.68 bits per heavy atom. The van der Waals surface area contributed by atoms with Crippen LogP contribution in [0.15, 0.2) is 23.1 Å². The number of carbonyl (C=O) groups excluding carboxylic acids is 2. The minimum atomic E-state index is -3.70. The average Bonchev–Trinajstić information content (AvgIpc) is 3.65. The summed E-state index contributed by atoms with van der Waals surface area (Å²) in [6.45, 7) is 2.70. The Bertz CT molecular complexity index is 1040. The first-order chi connectivity index (χ1) is 16.3. The van der Waals surface area contributed by atoms with E-state index in [1.165, 1.54) is 17.1 Å². The number of benzene rings is 1. The Balaban J connectivity index is 1.28. The molecule has 1 N–H and O–H groups in total. The molecule has 0 aromatic heterocycles. The van der Waals surface area contributed by atoms with Crippen molar-refractivity contribution < 1.29 is 18.0 Å². The van der Waals surface area contributed by atoms with Gasteiger partial charge in [0.1, 0.15) is 0 Å². The van der Waals surface area contributed by atoms with Gasteiger partial charge in [0.15, 0.2) is 0 Å². The van der Waals surface area contributed by atoms with Crippen molar-refractivity contribution in [1.29, 1.82) is 0 Å². The highest BCUT2D eigenvalue weighted by Crippen LogP contribution is 2.40. The number of nitrogens with one attached hydrogen (secondary N) is 1. The monoisotopic (exact) mass is 487 g/mol. The van der Waals surface area contributed by atoms with Crippen LogP contribution >= 0.6 is 0 Å². The predicted octanol–water partition coefficient (Wildman–Crippen LogP) is 3.61. The molecule has 7 nitrogen and oxygen atoms in total. The summed E-state index contributed by atoms with van der Waals surface area (Å²) < 4.78 is 28.5. The molecule has 4 aliphatic rings. The van der Waals surface area contributed by atoms with Gasteiger partial charge in [-0.3, -0.25) is 9.59 Å². The molecular formula is C26H37N3O4S. The van der Waals surface area contributed by atoms with Gasteiger partial charge in [0, 0.05) is 36.8 Å². The molecule has 3 fully saturated rings. The summed E-state index contributed by atoms with van der Waals surface area (Å²) in [5, 5.41) is 3.21. The number of hydrogen-bond donors (Lipinski definition) is 1. The number of rotatable bonds is 5. The summed E-state index contributed by atoms with van der Waals surface area (Å²) in [4.78, 5) is 27.8. The van der Waals surface area contributed by atoms with Gasteiger partial charge >= 0.3 is 0 Å². The first kappa shape index (κ1) is 23.8. The van der Waals surface area contributed by atoms with E-state index in [1.807, 2.05) is 11.8 Å². The van der Waals surface area contributed by atoms with Crippen LogP contribution in [0.3, 0.4) is 0 Å². The topological polar surface area (TPSA) is 86.8 Å². The van der Waals surface area contributed by atoms with Crippen molar-refractivity contribution in [2.45, 2.75) is 94.5 Å². The lowest BCUT2D eigenvalue weighted by Gasteiger charge is -2.32. The number of anilines is 1. The molecule has 2 saturated carbocycles. The number of piperidine rings is 1. The molecule has 186 valence electrons. The number of hydrogen-bond acceptors (Lipinski definition) is 4. The third-order valence-corrected chi connectivity index (χ3v) is 9.89. The van der Waals surface area contributed by atoms with Gasteiger partial charge in [-0.25, -0.2) is 8.42 Å². The molecule has 2 aliphatic heterocycles. The molecule has 34 heavy (non-hydrogen) atoms. The van der Waals surface area contributed by atoms with Gasteiger partial charge in [0.25, 0.3) is 0 Å². The van der Waals surface area contributed by atoms with E-state index in [1.54, 1.807) is 18.2 Å². The van der Waals surface area contributed by atoms with Gasteiger partial charge in [-0.2, -0.15) is 4.31 Å². The number of sulfonamides is 1. The minimum Gasteiger partial charge on any atom is -0.353 e. The lowest BCUT2D eigenvalue weighted by Crippen LogP contribution is -2.47. The number of amides is 2. The van der Waals surface area contributed by atoms with E-state index in [0.717, 1.165) is 56.2 Å². The van der Waals surface area contributed by atoms with Crippen LogP contribution in [-0.4, -0.2) is 49.7 Å². The quantitative estimate of drug-likeness (QED) is 0.643. The molecule has 2 aliphatic carbocycles. The second kappa shape index (κ2) is 9.61. The fourth-order valence-electron chi connectivity index (χ4n) is 5.90. The molecule has 8 heteroatoms. The van der Waals surface area contributed by atoms with Crippen LogP contribution in [0.2, 0.25) is 0 Å². The number of nitrogens with zero attached hydrogens (tertiary/aromatic N) is 2. The third-order valence-electron chi connectivity index (χ3n) is 8.02. The van der Waals surface area contributed by atoms with Crippen LogP contribution in [0.25, 0.3) is 0 Å². The summed E-state index contributed by atoms with van der Waals surface area (Å²) in [6.07, 6.45) is 10.8. The molecule has 2 heterocycles. The second-order valence-electron chi connectivity index (χ2n) is 10.7. The van der Waals surface area contributed by atoms with E-state index < -0.39 is 10.0 Å². The van der Waals surface area contributed by atoms with Crippen molar-refractivity contribution in [3.8, 4) is 0 Å². The van der Waals surface area contributed by atoms with Crippen LogP contribution in [0.1, 0.15) is 76.7 Å². The molecule has 2 unspecified atom stereocenters. The number of fused-ring (bicyclic) bond motifs is 1. The van der Waals surface area contributed by atoms with E-state index in [9.17, 15) is 18.0 Å². The van der Waals surface area contributed by atoms with Crippen molar-refractivity contribution >= 4 is 27.5 Å². The van der Waals surface area contributed by atoms with Gasteiger partial charge < -0.3 is 10.2 Å². The molecular weight excluding hydrogens is 450 g/mol. The molecule has 5 rings (SSSR count). The Kier molecular flexibility index (Phi) is 6.73. The maximum absolute atomic E-state index is 13.5. The Morgan fingerprint density at radius 1 is 0.941 bits per heavy atom. The SMILES string of the molecule is CC1Cc2cc(S(=O)(=O)N3CCCC(C(=O)NC4CCCCCC4)C3)ccc2N1C(=O)C1CC1. The van der Waals surface area contributed by atoms with E-state index in [2.05, 4.69) is 5.32 Å². The summed E-state index contributed by atoms with van der Waals surface area (Å²) in [6, 6.07) is 5.45. The largest absolute Gasteiger partial charge is 0.353 e. The van der Waals surface area contributed by atoms with Crippen LogP contribution in [0.5, 0.6) is 0 Å². The highest BCUT2D eigenvalue weighted by atomic mass is 32.2. The molecule has 1 aromatic carbocycles. The first-order valence-electron chi connectivity index (χ1n) is 13.1. The highest BCUT2D eigenvalue weighted by Gasteiger charge is 2.40. The van der Waals surface area contributed by atoms with Crippen LogP contribution < -0.4 is 10.2 Å². The molecule has 0 radical (unpaired) electrons. The first-order valence-corrected chi connectivity index (χ1v) is 14.5. The summed E-state index contributed by atoms with van der Waals surface area (Å²) in [7, 11) is -3.70. The van der Waals surface area contributed by atoms with Gasteiger partial charge in [-0.1, -0.05) is 25.7 Å². The standard InChI is InChI=1S/C26H37N3O4S/c1-18-15-21-16-23(12-13-24(21)29(18)26(31)19-10-11-19)34(32,33)28-14-6-7-20(17-28)25(30)27-22-8-4-2-3-5-9-22/h12-13,16,18-20,22H,2-11,14-15,17H2,1H3,(H,27,30). The smallest absolute Gasteiger partial charge is 0.243 e. The molecule has 1 aromatic rings. The van der Waals surface area contributed by atoms with E-state index in [4.69, 9.17) is 0 Å². The van der Waals surface area contributed by atoms with Crippen molar-refractivity contribution in [2.75, 3.05) is 18.0 Å². The van der Waals surface area contributed by atoms with Crippen LogP contribution in [0, 0.1) is 11.8 Å². The summed E-state index contributed by atoms with van der Waals surface area (Å²) >= 11 is 0. The normalized spacial score (nSPS) is 26.7. The lowest BCUT2D eigenvalue weighted by molar-refractivity contribution is -0.127. The number of carbonyl (C=O) groups is 2. The van der Waals surface area contributed by atoms with Crippen molar-refractivity contribution in [2.24, 2.45) is 11.8 Å². The highest BCUT2D eigenvalue weighted by molar-refractivity contribution is 7.89. The second-order valence-corrected chi connectivity index (χ2v) is 12.7. The predicted molar refractivity (Wildman–Crippen MR) is 131 cm³/mol. The Labute approximate surface area is 203 Å². The lowest BCUT2D eigenvalue weighted by atomic mass is 9.97. The third kappa shape index (κ3) is 4.76. The van der Waals surface area contributed by atoms with Crippen molar-refractivity contribution in [3.05, 3.63) is 23.8 Å². The molecule has 2 atom stereocenters. The van der Waals surface area contributed by atoms with Gasteiger partial charge in [-0.05, 0) is 75.6 Å². The van der Waals surface area contributed by atoms with Crippen LogP contribution in [-0.2, 0) is 26.0 Å². The van der Waals surface area contributed by atoms with E-state index in [0.29, 0.717) is 19.4 Å². The zero-order valence-electron chi connectivity index (χ0n) is 20.2. The van der Waals surface area contributed by atoms with Gasteiger partial charge in [0.05, 0.1) is 10.8 Å². The van der Waals surface area contributed by atoms with E-state index in [-0.39, 0.29) is 47.2 Å². The minimum absolute atomic E-state index is 0.00353. The fraction of sp³-hybridized carbons (Fsp3) is 0.692. The maximum Gasteiger partial charge on any atom is 0.243 e.